The van der Waals surface area contributed by atoms with Gasteiger partial charge in [0, 0.05) is 45.0 Å². The molecule has 28 heavy (non-hydrogen) atoms. The highest BCUT2D eigenvalue weighted by Crippen LogP contribution is 2.15. The molecule has 2 saturated heterocycles. The lowest BCUT2D eigenvalue weighted by Crippen LogP contribution is -2.44. The molecule has 0 aromatic carbocycles. The van der Waals surface area contributed by atoms with E-state index in [1.165, 1.54) is 0 Å². The van der Waals surface area contributed by atoms with Crippen LogP contribution in [-0.4, -0.2) is 81.6 Å². The molecule has 0 aliphatic carbocycles. The number of halogens is 1. The van der Waals surface area contributed by atoms with Crippen LogP contribution in [0.1, 0.15) is 18.9 Å². The van der Waals surface area contributed by atoms with Crippen LogP contribution in [0.25, 0.3) is 0 Å². The van der Waals surface area contributed by atoms with Crippen molar-refractivity contribution in [2.24, 2.45) is 4.99 Å². The Morgan fingerprint density at radius 1 is 1.32 bits per heavy atom. The second-order valence-corrected chi connectivity index (χ2v) is 9.48. The fraction of sp³-hybridized carbons (Fsp3) is 0.667. The normalized spacial score (nSPS) is 22.6. The maximum Gasteiger partial charge on any atom is 0.191 e. The molecular weight excluding hydrogens is 491 g/mol. The SMILES string of the molecule is CCNC(=NCc1ccnc(N2CCN(C)CC2)c1)NC1CCS(=O)(=O)C1.I. The highest BCUT2D eigenvalue weighted by molar-refractivity contribution is 14.0. The van der Waals surface area contributed by atoms with Crippen molar-refractivity contribution in [2.75, 3.05) is 56.2 Å². The van der Waals surface area contributed by atoms with Gasteiger partial charge in [-0.1, -0.05) is 0 Å². The van der Waals surface area contributed by atoms with Crippen LogP contribution < -0.4 is 15.5 Å². The van der Waals surface area contributed by atoms with Gasteiger partial charge in [-0.2, -0.15) is 0 Å². The second kappa shape index (κ2) is 10.6. The summed E-state index contributed by atoms with van der Waals surface area (Å²) in [5, 5.41) is 6.46. The molecule has 3 rings (SSSR count). The first-order chi connectivity index (χ1) is 12.9. The Kier molecular flexibility index (Phi) is 8.75. The predicted octanol–water partition coefficient (Wildman–Crippen LogP) is 0.694. The number of hydrogen-bond donors (Lipinski definition) is 2. The van der Waals surface area contributed by atoms with E-state index in [1.54, 1.807) is 0 Å². The topological polar surface area (TPSA) is 89.9 Å². The van der Waals surface area contributed by atoms with Gasteiger partial charge in [0.05, 0.1) is 18.1 Å². The maximum absolute atomic E-state index is 11.7. The summed E-state index contributed by atoms with van der Waals surface area (Å²) in [5.41, 5.74) is 1.09. The van der Waals surface area contributed by atoms with E-state index in [-0.39, 0.29) is 41.5 Å². The summed E-state index contributed by atoms with van der Waals surface area (Å²) in [6.07, 6.45) is 2.47. The summed E-state index contributed by atoms with van der Waals surface area (Å²) < 4.78 is 23.3. The van der Waals surface area contributed by atoms with Crippen LogP contribution >= 0.6 is 24.0 Å². The Labute approximate surface area is 185 Å². The highest BCUT2D eigenvalue weighted by atomic mass is 127. The quantitative estimate of drug-likeness (QED) is 0.334. The monoisotopic (exact) mass is 522 g/mol. The summed E-state index contributed by atoms with van der Waals surface area (Å²) in [6.45, 7) is 7.31. The van der Waals surface area contributed by atoms with Gasteiger partial charge in [0.15, 0.2) is 15.8 Å². The minimum atomic E-state index is -2.91. The standard InChI is InChI=1S/C18H30N6O2S.HI/c1-3-19-18(22-16-5-11-27(25,26)14-16)21-13-15-4-6-20-17(12-15)24-9-7-23(2)8-10-24;/h4,6,12,16H,3,5,7-11,13-14H2,1-2H3,(H2,19,21,22);1H. The van der Waals surface area contributed by atoms with Crippen LogP contribution in [0.2, 0.25) is 0 Å². The number of aromatic nitrogens is 1. The van der Waals surface area contributed by atoms with E-state index in [4.69, 9.17) is 0 Å². The first kappa shape index (κ1) is 23.1. The Morgan fingerprint density at radius 2 is 2.07 bits per heavy atom. The van der Waals surface area contributed by atoms with E-state index in [9.17, 15) is 8.42 Å². The number of hydrogen-bond acceptors (Lipinski definition) is 6. The molecule has 1 atom stereocenters. The number of piperazine rings is 1. The smallest absolute Gasteiger partial charge is 0.191 e. The van der Waals surface area contributed by atoms with Crippen molar-refractivity contribution in [1.82, 2.24) is 20.5 Å². The molecule has 2 aliphatic rings. The molecular formula is C18H31IN6O2S. The van der Waals surface area contributed by atoms with Crippen molar-refractivity contribution in [3.8, 4) is 0 Å². The fourth-order valence-electron chi connectivity index (χ4n) is 3.36. The number of aliphatic imine (C=N–C) groups is 1. The lowest BCUT2D eigenvalue weighted by Gasteiger charge is -2.33. The van der Waals surface area contributed by atoms with Gasteiger partial charge in [-0.05, 0) is 38.1 Å². The minimum Gasteiger partial charge on any atom is -0.357 e. The molecule has 0 saturated carbocycles. The van der Waals surface area contributed by atoms with Crippen LogP contribution in [-0.2, 0) is 16.4 Å². The number of guanidine groups is 1. The van der Waals surface area contributed by atoms with Gasteiger partial charge >= 0.3 is 0 Å². The molecule has 0 radical (unpaired) electrons. The molecule has 0 spiro atoms. The van der Waals surface area contributed by atoms with Crippen LogP contribution in [0.3, 0.4) is 0 Å². The zero-order valence-corrected chi connectivity index (χ0v) is 19.7. The lowest BCUT2D eigenvalue weighted by molar-refractivity contribution is 0.312. The molecule has 10 heteroatoms. The molecule has 8 nitrogen and oxygen atoms in total. The van der Waals surface area contributed by atoms with Crippen molar-refractivity contribution in [2.45, 2.75) is 25.9 Å². The third-order valence-electron chi connectivity index (χ3n) is 4.97. The highest BCUT2D eigenvalue weighted by Gasteiger charge is 2.28. The third kappa shape index (κ3) is 6.73. The van der Waals surface area contributed by atoms with Gasteiger partial charge in [-0.15, -0.1) is 24.0 Å². The van der Waals surface area contributed by atoms with Crippen LogP contribution in [0.5, 0.6) is 0 Å². The lowest BCUT2D eigenvalue weighted by atomic mass is 10.2. The van der Waals surface area contributed by atoms with Crippen LogP contribution in [0.15, 0.2) is 23.3 Å². The Morgan fingerprint density at radius 3 is 2.71 bits per heavy atom. The van der Waals surface area contributed by atoms with Crippen LogP contribution in [0, 0.1) is 0 Å². The molecule has 1 aromatic heterocycles. The number of rotatable bonds is 5. The Hall–Kier alpha value is -1.14. The van der Waals surface area contributed by atoms with Gasteiger partial charge < -0.3 is 20.4 Å². The maximum atomic E-state index is 11.7. The average Bonchev–Trinajstić information content (AvgIpc) is 2.99. The number of pyridine rings is 1. The van der Waals surface area contributed by atoms with Crippen molar-refractivity contribution < 1.29 is 8.42 Å². The largest absolute Gasteiger partial charge is 0.357 e. The van der Waals surface area contributed by atoms with E-state index in [1.807, 2.05) is 19.2 Å². The number of nitrogens with one attached hydrogen (secondary N) is 2. The van der Waals surface area contributed by atoms with E-state index >= 15 is 0 Å². The molecule has 2 aliphatic heterocycles. The number of sulfone groups is 1. The third-order valence-corrected chi connectivity index (χ3v) is 6.74. The molecule has 3 heterocycles. The van der Waals surface area contributed by atoms with E-state index in [0.717, 1.165) is 44.1 Å². The Bertz CT molecular complexity index is 765. The van der Waals surface area contributed by atoms with Gasteiger partial charge in [-0.3, -0.25) is 0 Å². The zero-order chi connectivity index (χ0) is 19.3. The number of anilines is 1. The minimum absolute atomic E-state index is 0. The van der Waals surface area contributed by atoms with Crippen LogP contribution in [0.4, 0.5) is 5.82 Å². The second-order valence-electron chi connectivity index (χ2n) is 7.25. The molecule has 0 amide bonds. The van der Waals surface area contributed by atoms with Crippen molar-refractivity contribution in [1.29, 1.82) is 0 Å². The summed E-state index contributed by atoms with van der Waals surface area (Å²) in [7, 11) is -0.768. The summed E-state index contributed by atoms with van der Waals surface area (Å²) in [4.78, 5) is 13.8. The van der Waals surface area contributed by atoms with Crippen molar-refractivity contribution >= 4 is 45.6 Å². The molecule has 1 unspecified atom stereocenters. The molecule has 2 N–H and O–H groups in total. The van der Waals surface area contributed by atoms with Gasteiger partial charge in [-0.25, -0.2) is 18.4 Å². The van der Waals surface area contributed by atoms with E-state index in [0.29, 0.717) is 18.9 Å². The summed E-state index contributed by atoms with van der Waals surface area (Å²) in [5.74, 6) is 2.09. The molecule has 0 bridgehead atoms. The predicted molar refractivity (Wildman–Crippen MR) is 124 cm³/mol. The molecule has 158 valence electrons. The number of likely N-dealkylation sites (N-methyl/N-ethyl adjacent to an activating group) is 1. The number of nitrogens with zero attached hydrogens (tertiary/aromatic N) is 4. The molecule has 1 aromatic rings. The van der Waals surface area contributed by atoms with Gasteiger partial charge in [0.1, 0.15) is 5.82 Å². The molecule has 2 fully saturated rings. The van der Waals surface area contributed by atoms with Gasteiger partial charge in [0.25, 0.3) is 0 Å². The van der Waals surface area contributed by atoms with Crippen molar-refractivity contribution in [3.63, 3.8) is 0 Å². The fourth-order valence-corrected chi connectivity index (χ4v) is 5.03. The van der Waals surface area contributed by atoms with E-state index < -0.39 is 9.84 Å². The van der Waals surface area contributed by atoms with Gasteiger partial charge in [0.2, 0.25) is 0 Å². The summed E-state index contributed by atoms with van der Waals surface area (Å²) >= 11 is 0. The Balaban J connectivity index is 0.00000280. The van der Waals surface area contributed by atoms with E-state index in [2.05, 4.69) is 43.5 Å². The first-order valence-corrected chi connectivity index (χ1v) is 11.4. The summed E-state index contributed by atoms with van der Waals surface area (Å²) in [6, 6.07) is 4.01. The van der Waals surface area contributed by atoms with Crippen molar-refractivity contribution in [3.05, 3.63) is 23.9 Å². The zero-order valence-electron chi connectivity index (χ0n) is 16.6. The average molecular weight is 522 g/mol. The first-order valence-electron chi connectivity index (χ1n) is 9.59.